The first kappa shape index (κ1) is 16.8. The van der Waals surface area contributed by atoms with Crippen molar-refractivity contribution in [2.75, 3.05) is 0 Å². The van der Waals surface area contributed by atoms with E-state index < -0.39 is 0 Å². The highest BCUT2D eigenvalue weighted by atomic mass is 79.9. The van der Waals surface area contributed by atoms with Crippen LogP contribution in [0.4, 0.5) is 0 Å². The second-order valence-electron chi connectivity index (χ2n) is 5.16. The highest BCUT2D eigenvalue weighted by Crippen LogP contribution is 2.35. The zero-order valence-electron chi connectivity index (χ0n) is 12.8. The van der Waals surface area contributed by atoms with Crippen molar-refractivity contribution in [2.24, 2.45) is 0 Å². The van der Waals surface area contributed by atoms with Gasteiger partial charge in [-0.15, -0.1) is 0 Å². The van der Waals surface area contributed by atoms with Crippen LogP contribution in [-0.2, 0) is 0 Å². The summed E-state index contributed by atoms with van der Waals surface area (Å²) in [6, 6.07) is 20.0. The SMILES string of the molecule is C=C(Br)c1nc(-c2ccccc2)c(-c2ccccc2)nc1C(=C)Br. The topological polar surface area (TPSA) is 25.8 Å². The van der Waals surface area contributed by atoms with Gasteiger partial charge in [0.15, 0.2) is 0 Å². The molecule has 0 aliphatic carbocycles. The number of benzene rings is 2. The molecule has 0 radical (unpaired) electrons. The highest BCUT2D eigenvalue weighted by Gasteiger charge is 2.18. The van der Waals surface area contributed by atoms with Gasteiger partial charge in [0.2, 0.25) is 0 Å². The predicted molar refractivity (Wildman–Crippen MR) is 109 cm³/mol. The summed E-state index contributed by atoms with van der Waals surface area (Å²) < 4.78 is 1.34. The lowest BCUT2D eigenvalue weighted by Crippen LogP contribution is -2.02. The van der Waals surface area contributed by atoms with Crippen LogP contribution in [0.15, 0.2) is 73.8 Å². The van der Waals surface area contributed by atoms with Crippen molar-refractivity contribution in [3.8, 4) is 22.5 Å². The molecule has 0 aliphatic heterocycles. The Bertz CT molecular complexity index is 827. The fourth-order valence-electron chi connectivity index (χ4n) is 2.41. The molecule has 0 saturated heterocycles. The molecule has 2 aromatic carbocycles. The Balaban J connectivity index is 2.35. The van der Waals surface area contributed by atoms with Crippen LogP contribution in [0.5, 0.6) is 0 Å². The molecule has 1 aromatic heterocycles. The van der Waals surface area contributed by atoms with Crippen LogP contribution in [0.25, 0.3) is 31.5 Å². The molecule has 4 heteroatoms. The summed E-state index contributed by atoms with van der Waals surface area (Å²) in [5, 5.41) is 0. The molecule has 0 N–H and O–H groups in total. The second kappa shape index (κ2) is 7.24. The molecule has 0 unspecified atom stereocenters. The van der Waals surface area contributed by atoms with E-state index in [-0.39, 0.29) is 0 Å². The van der Waals surface area contributed by atoms with Crippen molar-refractivity contribution >= 4 is 40.8 Å². The Morgan fingerprint density at radius 3 is 1.25 bits per heavy atom. The second-order valence-corrected chi connectivity index (χ2v) is 7.07. The fraction of sp³-hybridized carbons (Fsp3) is 0. The van der Waals surface area contributed by atoms with Crippen LogP contribution in [0, 0.1) is 0 Å². The number of halogens is 2. The van der Waals surface area contributed by atoms with E-state index in [0.29, 0.717) is 20.4 Å². The van der Waals surface area contributed by atoms with Crippen LogP contribution >= 0.6 is 31.9 Å². The zero-order chi connectivity index (χ0) is 17.1. The van der Waals surface area contributed by atoms with Gasteiger partial charge >= 0.3 is 0 Å². The van der Waals surface area contributed by atoms with Gasteiger partial charge in [-0.1, -0.05) is 73.8 Å². The van der Waals surface area contributed by atoms with Crippen molar-refractivity contribution in [3.63, 3.8) is 0 Å². The maximum Gasteiger partial charge on any atom is 0.104 e. The number of nitrogens with zero attached hydrogens (tertiary/aromatic N) is 2. The third-order valence-electron chi connectivity index (χ3n) is 3.50. The standard InChI is InChI=1S/C20H14Br2N2/c1-13(21)17-18(14(2)22)24-20(16-11-7-4-8-12-16)19(23-17)15-9-5-3-6-10-15/h3-12H,1-2H2. The third kappa shape index (κ3) is 3.40. The summed E-state index contributed by atoms with van der Waals surface area (Å²) in [5.41, 5.74) is 4.99. The summed E-state index contributed by atoms with van der Waals surface area (Å²) in [5.74, 6) is 0. The molecule has 0 atom stereocenters. The van der Waals surface area contributed by atoms with Gasteiger partial charge < -0.3 is 0 Å². The van der Waals surface area contributed by atoms with Crippen LogP contribution < -0.4 is 0 Å². The maximum absolute atomic E-state index is 4.84. The molecule has 0 amide bonds. The summed E-state index contributed by atoms with van der Waals surface area (Å²) >= 11 is 6.86. The minimum absolute atomic E-state index is 0.669. The number of rotatable bonds is 4. The smallest absolute Gasteiger partial charge is 0.104 e. The van der Waals surface area contributed by atoms with E-state index in [1.165, 1.54) is 0 Å². The molecule has 0 saturated carbocycles. The average molecular weight is 442 g/mol. The van der Waals surface area contributed by atoms with Crippen LogP contribution in [0.1, 0.15) is 11.4 Å². The lowest BCUT2D eigenvalue weighted by atomic mass is 10.0. The number of hydrogen-bond acceptors (Lipinski definition) is 2. The Kier molecular flexibility index (Phi) is 5.07. The minimum Gasteiger partial charge on any atom is -0.243 e. The fourth-order valence-corrected chi connectivity index (χ4v) is 2.96. The minimum atomic E-state index is 0.669. The largest absolute Gasteiger partial charge is 0.243 e. The lowest BCUT2D eigenvalue weighted by Gasteiger charge is -2.14. The van der Waals surface area contributed by atoms with E-state index in [1.807, 2.05) is 60.7 Å². The van der Waals surface area contributed by atoms with E-state index in [0.717, 1.165) is 22.5 Å². The normalized spacial score (nSPS) is 10.4. The first-order valence-electron chi connectivity index (χ1n) is 7.30. The summed E-state index contributed by atoms with van der Waals surface area (Å²) in [7, 11) is 0. The third-order valence-corrected chi connectivity index (χ3v) is 4.26. The Morgan fingerprint density at radius 1 is 0.625 bits per heavy atom. The molecule has 24 heavy (non-hydrogen) atoms. The Labute approximate surface area is 158 Å². The van der Waals surface area contributed by atoms with Gasteiger partial charge in [0, 0.05) is 20.1 Å². The van der Waals surface area contributed by atoms with Crippen molar-refractivity contribution < 1.29 is 0 Å². The maximum atomic E-state index is 4.84. The van der Waals surface area contributed by atoms with E-state index >= 15 is 0 Å². The molecular formula is C20H14Br2N2. The van der Waals surface area contributed by atoms with Crippen LogP contribution in [0.3, 0.4) is 0 Å². The molecule has 0 aliphatic rings. The highest BCUT2D eigenvalue weighted by molar-refractivity contribution is 9.15. The number of aromatic nitrogens is 2. The summed E-state index contributed by atoms with van der Waals surface area (Å²) in [6.07, 6.45) is 0. The van der Waals surface area contributed by atoms with Gasteiger partial charge in [-0.05, 0) is 31.9 Å². The van der Waals surface area contributed by atoms with Crippen molar-refractivity contribution in [2.45, 2.75) is 0 Å². The van der Waals surface area contributed by atoms with Gasteiger partial charge in [-0.3, -0.25) is 0 Å². The predicted octanol–water partition coefficient (Wildman–Crippen LogP) is 6.54. The van der Waals surface area contributed by atoms with E-state index in [2.05, 4.69) is 45.0 Å². The molecule has 0 spiro atoms. The van der Waals surface area contributed by atoms with Crippen LogP contribution in [-0.4, -0.2) is 9.97 Å². The summed E-state index contributed by atoms with van der Waals surface area (Å²) in [4.78, 5) is 9.68. The first-order valence-corrected chi connectivity index (χ1v) is 8.89. The molecule has 118 valence electrons. The quantitative estimate of drug-likeness (QED) is 0.459. The van der Waals surface area contributed by atoms with Gasteiger partial charge in [0.25, 0.3) is 0 Å². The lowest BCUT2D eigenvalue weighted by molar-refractivity contribution is 1.16. The monoisotopic (exact) mass is 440 g/mol. The molecule has 3 aromatic rings. The molecule has 0 bridgehead atoms. The Hall–Kier alpha value is -2.04. The molecule has 3 rings (SSSR count). The summed E-state index contributed by atoms with van der Waals surface area (Å²) in [6.45, 7) is 7.92. The molecular weight excluding hydrogens is 428 g/mol. The van der Waals surface area contributed by atoms with Gasteiger partial charge in [-0.2, -0.15) is 0 Å². The molecule has 2 nitrogen and oxygen atoms in total. The number of hydrogen-bond donors (Lipinski definition) is 0. The van der Waals surface area contributed by atoms with Gasteiger partial charge in [-0.25, -0.2) is 9.97 Å². The average Bonchev–Trinajstić information content (AvgIpc) is 2.62. The zero-order valence-corrected chi connectivity index (χ0v) is 16.0. The van der Waals surface area contributed by atoms with Crippen molar-refractivity contribution in [1.82, 2.24) is 9.97 Å². The molecule has 0 fully saturated rings. The van der Waals surface area contributed by atoms with Crippen molar-refractivity contribution in [1.29, 1.82) is 0 Å². The van der Waals surface area contributed by atoms with E-state index in [1.54, 1.807) is 0 Å². The molecule has 1 heterocycles. The van der Waals surface area contributed by atoms with Gasteiger partial charge in [0.05, 0.1) is 11.4 Å². The van der Waals surface area contributed by atoms with Gasteiger partial charge in [0.1, 0.15) is 11.4 Å². The first-order chi connectivity index (χ1) is 11.6. The Morgan fingerprint density at radius 2 is 0.958 bits per heavy atom. The van der Waals surface area contributed by atoms with E-state index in [4.69, 9.17) is 9.97 Å². The van der Waals surface area contributed by atoms with Crippen molar-refractivity contribution in [3.05, 3.63) is 85.2 Å². The van der Waals surface area contributed by atoms with E-state index in [9.17, 15) is 0 Å². The van der Waals surface area contributed by atoms with Crippen LogP contribution in [0.2, 0.25) is 0 Å².